The number of carbonyl (C=O) groups excluding carboxylic acids is 1. The zero-order chi connectivity index (χ0) is 21.0. The molecule has 2 heterocycles. The van der Waals surface area contributed by atoms with Gasteiger partial charge in [-0.15, -0.1) is 10.2 Å². The van der Waals surface area contributed by atoms with Gasteiger partial charge in [-0.1, -0.05) is 37.7 Å². The molecule has 8 heteroatoms. The Kier molecular flexibility index (Phi) is 7.05. The lowest BCUT2D eigenvalue weighted by atomic mass is 9.98. The molecule has 0 aliphatic carbocycles. The van der Waals surface area contributed by atoms with Gasteiger partial charge < -0.3 is 15.5 Å². The second-order valence-corrected chi connectivity index (χ2v) is 8.94. The average Bonchev–Trinajstić information content (AvgIpc) is 3.04. The monoisotopic (exact) mass is 417 g/mol. The SMILES string of the molecule is CC(C)c1ccc(OCc2nnc(SCC(=O)N3[C@@H](C)CCC[C@@H]3C)n2N)cc1. The minimum Gasteiger partial charge on any atom is -0.486 e. The van der Waals surface area contributed by atoms with Gasteiger partial charge in [-0.25, -0.2) is 4.68 Å². The fraction of sp³-hybridized carbons (Fsp3) is 0.571. The Labute approximate surface area is 177 Å². The number of benzene rings is 1. The van der Waals surface area contributed by atoms with Crippen LogP contribution in [0.2, 0.25) is 0 Å². The van der Waals surface area contributed by atoms with Crippen LogP contribution in [0.4, 0.5) is 0 Å². The number of aromatic nitrogens is 3. The molecule has 158 valence electrons. The molecule has 0 radical (unpaired) electrons. The topological polar surface area (TPSA) is 86.3 Å². The van der Waals surface area contributed by atoms with Crippen LogP contribution in [-0.2, 0) is 11.4 Å². The Bertz CT molecular complexity index is 811. The van der Waals surface area contributed by atoms with Gasteiger partial charge in [0.25, 0.3) is 0 Å². The Morgan fingerprint density at radius 1 is 1.21 bits per heavy atom. The van der Waals surface area contributed by atoms with Gasteiger partial charge in [0.15, 0.2) is 5.82 Å². The number of carbonyl (C=O) groups is 1. The largest absolute Gasteiger partial charge is 0.486 e. The van der Waals surface area contributed by atoms with Gasteiger partial charge in [0, 0.05) is 12.1 Å². The zero-order valence-corrected chi connectivity index (χ0v) is 18.5. The van der Waals surface area contributed by atoms with Crippen molar-refractivity contribution in [2.45, 2.75) is 76.7 Å². The molecule has 0 unspecified atom stereocenters. The number of thioether (sulfide) groups is 1. The van der Waals surface area contributed by atoms with Crippen LogP contribution in [-0.4, -0.2) is 43.5 Å². The summed E-state index contributed by atoms with van der Waals surface area (Å²) in [7, 11) is 0. The van der Waals surface area contributed by atoms with Crippen molar-refractivity contribution >= 4 is 17.7 Å². The molecule has 3 rings (SSSR count). The number of piperidine rings is 1. The number of hydrogen-bond acceptors (Lipinski definition) is 6. The predicted octanol–water partition coefficient (Wildman–Crippen LogP) is 3.58. The highest BCUT2D eigenvalue weighted by atomic mass is 32.2. The van der Waals surface area contributed by atoms with Crippen molar-refractivity contribution in [3.63, 3.8) is 0 Å². The molecule has 1 aliphatic rings. The summed E-state index contributed by atoms with van der Waals surface area (Å²) >= 11 is 1.32. The van der Waals surface area contributed by atoms with E-state index in [4.69, 9.17) is 10.6 Å². The first kappa shape index (κ1) is 21.5. The van der Waals surface area contributed by atoms with E-state index in [1.807, 2.05) is 17.0 Å². The van der Waals surface area contributed by atoms with Crippen LogP contribution in [0.3, 0.4) is 0 Å². The van der Waals surface area contributed by atoms with Crippen LogP contribution >= 0.6 is 11.8 Å². The third kappa shape index (κ3) is 5.23. The molecule has 1 amide bonds. The van der Waals surface area contributed by atoms with Crippen LogP contribution in [0.1, 0.15) is 64.3 Å². The Hall–Kier alpha value is -2.22. The molecule has 7 nitrogen and oxygen atoms in total. The third-order valence-electron chi connectivity index (χ3n) is 5.46. The normalized spacial score (nSPS) is 19.6. The number of likely N-dealkylation sites (tertiary alicyclic amines) is 1. The van der Waals surface area contributed by atoms with E-state index in [0.717, 1.165) is 18.6 Å². The summed E-state index contributed by atoms with van der Waals surface area (Å²) in [6, 6.07) is 8.58. The van der Waals surface area contributed by atoms with E-state index in [9.17, 15) is 4.79 Å². The Morgan fingerprint density at radius 3 is 2.48 bits per heavy atom. The standard InChI is InChI=1S/C21H31N5O2S/c1-14(2)17-8-10-18(11-9-17)28-12-19-23-24-21(26(19)22)29-13-20(27)25-15(3)6-5-7-16(25)4/h8-11,14-16H,5-7,12-13,22H2,1-4H3/t15-,16-/m0/s1. The number of nitrogens with zero attached hydrogens (tertiary/aromatic N) is 4. The fourth-order valence-electron chi connectivity index (χ4n) is 3.71. The highest BCUT2D eigenvalue weighted by Gasteiger charge is 2.29. The van der Waals surface area contributed by atoms with Crippen molar-refractivity contribution in [3.05, 3.63) is 35.7 Å². The first-order valence-corrected chi connectivity index (χ1v) is 11.2. The summed E-state index contributed by atoms with van der Waals surface area (Å²) in [5.41, 5.74) is 1.26. The molecule has 1 saturated heterocycles. The molecule has 1 fully saturated rings. The van der Waals surface area contributed by atoms with E-state index in [2.05, 4.69) is 50.0 Å². The first-order valence-electron chi connectivity index (χ1n) is 10.2. The molecule has 2 atom stereocenters. The molecular weight excluding hydrogens is 386 g/mol. The van der Waals surface area contributed by atoms with Gasteiger partial charge in [-0.2, -0.15) is 0 Å². The summed E-state index contributed by atoms with van der Waals surface area (Å²) in [6.45, 7) is 8.77. The van der Waals surface area contributed by atoms with Crippen molar-refractivity contribution < 1.29 is 9.53 Å². The smallest absolute Gasteiger partial charge is 0.233 e. The first-order chi connectivity index (χ1) is 13.9. The number of rotatable bonds is 7. The zero-order valence-electron chi connectivity index (χ0n) is 17.7. The minimum absolute atomic E-state index is 0.126. The molecule has 1 aliphatic heterocycles. The van der Waals surface area contributed by atoms with Gasteiger partial charge >= 0.3 is 0 Å². The molecular formula is C21H31N5O2S. The molecule has 29 heavy (non-hydrogen) atoms. The second kappa shape index (κ2) is 9.52. The van der Waals surface area contributed by atoms with E-state index in [1.165, 1.54) is 28.4 Å². The lowest BCUT2D eigenvalue weighted by Crippen LogP contribution is -2.48. The van der Waals surface area contributed by atoms with Crippen LogP contribution in [0, 0.1) is 0 Å². The maximum atomic E-state index is 12.7. The van der Waals surface area contributed by atoms with E-state index < -0.39 is 0 Å². The number of nitrogens with two attached hydrogens (primary N) is 1. The van der Waals surface area contributed by atoms with Crippen LogP contribution in [0.5, 0.6) is 5.75 Å². The number of ether oxygens (including phenoxy) is 1. The second-order valence-electron chi connectivity index (χ2n) is 8.00. The summed E-state index contributed by atoms with van der Waals surface area (Å²) in [5, 5.41) is 8.75. The average molecular weight is 418 g/mol. The summed E-state index contributed by atoms with van der Waals surface area (Å²) < 4.78 is 7.19. The van der Waals surface area contributed by atoms with Gasteiger partial charge in [0.2, 0.25) is 11.1 Å². The van der Waals surface area contributed by atoms with Gasteiger partial charge in [0.1, 0.15) is 12.4 Å². The van der Waals surface area contributed by atoms with Gasteiger partial charge in [-0.3, -0.25) is 4.79 Å². The summed E-state index contributed by atoms with van der Waals surface area (Å²) in [6.07, 6.45) is 3.31. The molecule has 2 aromatic rings. The number of amides is 1. The maximum absolute atomic E-state index is 12.7. The lowest BCUT2D eigenvalue weighted by molar-refractivity contribution is -0.134. The van der Waals surface area contributed by atoms with Crippen molar-refractivity contribution in [2.24, 2.45) is 0 Å². The Morgan fingerprint density at radius 2 is 1.86 bits per heavy atom. The summed E-state index contributed by atoms with van der Waals surface area (Å²) in [4.78, 5) is 14.7. The van der Waals surface area contributed by atoms with Crippen LogP contribution in [0.25, 0.3) is 0 Å². The van der Waals surface area contributed by atoms with Crippen molar-refractivity contribution in [2.75, 3.05) is 11.6 Å². The predicted molar refractivity (Wildman–Crippen MR) is 115 cm³/mol. The molecule has 0 bridgehead atoms. The number of hydrogen-bond donors (Lipinski definition) is 1. The summed E-state index contributed by atoms with van der Waals surface area (Å²) in [5.74, 6) is 8.31. The van der Waals surface area contributed by atoms with E-state index >= 15 is 0 Å². The van der Waals surface area contributed by atoms with E-state index in [1.54, 1.807) is 0 Å². The molecule has 1 aromatic heterocycles. The van der Waals surface area contributed by atoms with E-state index in [-0.39, 0.29) is 24.6 Å². The minimum atomic E-state index is 0.126. The fourth-order valence-corrected chi connectivity index (χ4v) is 4.46. The molecule has 0 saturated carbocycles. The molecule has 0 spiro atoms. The van der Waals surface area contributed by atoms with Gasteiger partial charge in [0.05, 0.1) is 5.75 Å². The van der Waals surface area contributed by atoms with E-state index in [0.29, 0.717) is 22.7 Å². The lowest BCUT2D eigenvalue weighted by Gasteiger charge is -2.39. The van der Waals surface area contributed by atoms with Crippen molar-refractivity contribution in [1.29, 1.82) is 0 Å². The quantitative estimate of drug-likeness (QED) is 0.547. The van der Waals surface area contributed by atoms with Crippen LogP contribution in [0.15, 0.2) is 29.4 Å². The third-order valence-corrected chi connectivity index (χ3v) is 6.38. The highest BCUT2D eigenvalue weighted by Crippen LogP contribution is 2.25. The highest BCUT2D eigenvalue weighted by molar-refractivity contribution is 7.99. The van der Waals surface area contributed by atoms with Crippen molar-refractivity contribution in [3.8, 4) is 5.75 Å². The van der Waals surface area contributed by atoms with Crippen LogP contribution < -0.4 is 10.6 Å². The maximum Gasteiger partial charge on any atom is 0.233 e. The Balaban J connectivity index is 1.54. The van der Waals surface area contributed by atoms with Crippen molar-refractivity contribution in [1.82, 2.24) is 19.8 Å². The molecule has 1 aromatic carbocycles. The molecule has 2 N–H and O–H groups in total. The van der Waals surface area contributed by atoms with Gasteiger partial charge in [-0.05, 0) is 56.7 Å². The number of nitrogen functional groups attached to an aromatic ring is 1.